The van der Waals surface area contributed by atoms with Crippen LogP contribution in [0.1, 0.15) is 35.9 Å². The van der Waals surface area contributed by atoms with E-state index in [4.69, 9.17) is 11.6 Å². The molecule has 134 valence electrons. The van der Waals surface area contributed by atoms with Gasteiger partial charge in [-0.05, 0) is 18.2 Å². The molecule has 0 fully saturated rings. The van der Waals surface area contributed by atoms with E-state index in [1.807, 2.05) is 37.4 Å². The van der Waals surface area contributed by atoms with Crippen LogP contribution in [0.3, 0.4) is 0 Å². The van der Waals surface area contributed by atoms with Crippen LogP contribution in [0.25, 0.3) is 0 Å². The van der Waals surface area contributed by atoms with Gasteiger partial charge in [-0.3, -0.25) is 10.1 Å². The first-order valence-electron chi connectivity index (χ1n) is 8.19. The van der Waals surface area contributed by atoms with Crippen molar-refractivity contribution in [3.63, 3.8) is 0 Å². The number of nitrogens with one attached hydrogen (secondary N) is 3. The molecule has 4 rings (SSSR count). The van der Waals surface area contributed by atoms with Crippen LogP contribution in [0, 0.1) is 0 Å². The standard InChI is InChI=1S/C16H12ClN5OS.C2H6/c17-12-5-4-9(8-19-12)14-20-11-3-1-2-10(13(11)21-14)15(23)22-16-18-6-7-24-16;1-2/h1-8,14,20-21H,(H,18,22,23);1-2H3. The molecule has 2 aromatic heterocycles. The van der Waals surface area contributed by atoms with E-state index in [9.17, 15) is 4.79 Å². The fraction of sp³-hybridized carbons (Fsp3) is 0.167. The molecule has 0 spiro atoms. The number of hydrogen-bond acceptors (Lipinski definition) is 6. The Morgan fingerprint density at radius 3 is 2.73 bits per heavy atom. The Morgan fingerprint density at radius 2 is 2.04 bits per heavy atom. The molecule has 6 nitrogen and oxygen atoms in total. The van der Waals surface area contributed by atoms with Gasteiger partial charge in [0.2, 0.25) is 0 Å². The Hall–Kier alpha value is -2.64. The Labute approximate surface area is 160 Å². The van der Waals surface area contributed by atoms with Gasteiger partial charge >= 0.3 is 0 Å². The summed E-state index contributed by atoms with van der Waals surface area (Å²) in [4.78, 5) is 20.7. The molecule has 0 saturated heterocycles. The number of hydrogen-bond donors (Lipinski definition) is 3. The molecule has 1 aliphatic rings. The summed E-state index contributed by atoms with van der Waals surface area (Å²) < 4.78 is 0. The molecule has 0 saturated carbocycles. The summed E-state index contributed by atoms with van der Waals surface area (Å²) in [5, 5.41) is 12.3. The van der Waals surface area contributed by atoms with Gasteiger partial charge in [0.25, 0.3) is 5.91 Å². The third-order valence-corrected chi connectivity index (χ3v) is 4.55. The van der Waals surface area contributed by atoms with Gasteiger partial charge in [0, 0.05) is 23.3 Å². The molecule has 3 heterocycles. The second-order valence-electron chi connectivity index (χ2n) is 5.16. The fourth-order valence-electron chi connectivity index (χ4n) is 2.53. The average molecular weight is 388 g/mol. The molecular formula is C18H18ClN5OS. The molecule has 3 aromatic rings. The van der Waals surface area contributed by atoms with Crippen molar-refractivity contribution in [2.45, 2.75) is 20.0 Å². The van der Waals surface area contributed by atoms with Crippen molar-refractivity contribution in [2.75, 3.05) is 16.0 Å². The lowest BCUT2D eigenvalue weighted by Gasteiger charge is -2.12. The van der Waals surface area contributed by atoms with Gasteiger partial charge in [-0.2, -0.15) is 0 Å². The summed E-state index contributed by atoms with van der Waals surface area (Å²) in [5.41, 5.74) is 3.11. The molecular weight excluding hydrogens is 370 g/mol. The number of anilines is 3. The third kappa shape index (κ3) is 3.79. The zero-order valence-electron chi connectivity index (χ0n) is 14.3. The summed E-state index contributed by atoms with van der Waals surface area (Å²) in [6.45, 7) is 4.00. The van der Waals surface area contributed by atoms with E-state index in [0.29, 0.717) is 15.8 Å². The first-order valence-corrected chi connectivity index (χ1v) is 9.45. The Bertz CT molecular complexity index is 883. The average Bonchev–Trinajstić information content (AvgIpc) is 3.33. The molecule has 1 aliphatic heterocycles. The van der Waals surface area contributed by atoms with Gasteiger partial charge < -0.3 is 10.6 Å². The lowest BCUT2D eigenvalue weighted by atomic mass is 10.1. The lowest BCUT2D eigenvalue weighted by molar-refractivity contribution is 0.102. The number of carbonyl (C=O) groups is 1. The van der Waals surface area contributed by atoms with Gasteiger partial charge in [0.1, 0.15) is 11.3 Å². The van der Waals surface area contributed by atoms with E-state index in [2.05, 4.69) is 25.9 Å². The summed E-state index contributed by atoms with van der Waals surface area (Å²) in [7, 11) is 0. The predicted molar refractivity (Wildman–Crippen MR) is 107 cm³/mol. The minimum absolute atomic E-state index is 0.168. The van der Waals surface area contributed by atoms with E-state index in [1.54, 1.807) is 24.5 Å². The highest BCUT2D eigenvalue weighted by Crippen LogP contribution is 2.38. The summed E-state index contributed by atoms with van der Waals surface area (Å²) in [6, 6.07) is 9.16. The topological polar surface area (TPSA) is 78.9 Å². The van der Waals surface area contributed by atoms with Crippen LogP contribution < -0.4 is 16.0 Å². The highest BCUT2D eigenvalue weighted by atomic mass is 35.5. The number of halogens is 1. The Balaban J connectivity index is 0.000000948. The van der Waals surface area contributed by atoms with Crippen LogP contribution in [0.15, 0.2) is 48.1 Å². The molecule has 0 aliphatic carbocycles. The Morgan fingerprint density at radius 1 is 1.19 bits per heavy atom. The minimum atomic E-state index is -0.203. The molecule has 1 atom stereocenters. The molecule has 3 N–H and O–H groups in total. The summed E-state index contributed by atoms with van der Waals surface area (Å²) in [5.74, 6) is -0.203. The number of carbonyl (C=O) groups excluding carboxylic acids is 1. The number of nitrogens with zero attached hydrogens (tertiary/aromatic N) is 2. The summed E-state index contributed by atoms with van der Waals surface area (Å²) in [6.07, 6.45) is 3.19. The van der Waals surface area contributed by atoms with Crippen LogP contribution in [0.5, 0.6) is 0 Å². The lowest BCUT2D eigenvalue weighted by Crippen LogP contribution is -2.15. The SMILES string of the molecule is CC.O=C(Nc1nccs1)c1cccc2c1NC(c1ccc(Cl)nc1)N2. The number of aromatic nitrogens is 2. The van der Waals surface area contributed by atoms with Crippen molar-refractivity contribution in [2.24, 2.45) is 0 Å². The van der Waals surface area contributed by atoms with Gasteiger partial charge in [-0.25, -0.2) is 9.97 Å². The predicted octanol–water partition coefficient (Wildman–Crippen LogP) is 5.01. The van der Waals surface area contributed by atoms with Crippen molar-refractivity contribution in [3.05, 3.63) is 64.4 Å². The van der Waals surface area contributed by atoms with Gasteiger partial charge in [-0.15, -0.1) is 11.3 Å². The van der Waals surface area contributed by atoms with Crippen LogP contribution in [-0.4, -0.2) is 15.9 Å². The number of thiazole rings is 1. The second-order valence-corrected chi connectivity index (χ2v) is 6.44. The Kier molecular flexibility index (Phi) is 5.70. The minimum Gasteiger partial charge on any atom is -0.360 e. The highest BCUT2D eigenvalue weighted by molar-refractivity contribution is 7.13. The van der Waals surface area contributed by atoms with Gasteiger partial charge in [0.15, 0.2) is 5.13 Å². The monoisotopic (exact) mass is 387 g/mol. The maximum absolute atomic E-state index is 12.5. The smallest absolute Gasteiger partial charge is 0.259 e. The normalized spacial score (nSPS) is 14.3. The molecule has 26 heavy (non-hydrogen) atoms. The van der Waals surface area contributed by atoms with Crippen molar-refractivity contribution in [3.8, 4) is 0 Å². The quantitative estimate of drug-likeness (QED) is 0.551. The number of fused-ring (bicyclic) bond motifs is 1. The van der Waals surface area contributed by atoms with E-state index in [-0.39, 0.29) is 12.1 Å². The maximum atomic E-state index is 12.5. The number of benzene rings is 1. The number of para-hydroxylation sites is 1. The van der Waals surface area contributed by atoms with Crippen molar-refractivity contribution in [1.29, 1.82) is 0 Å². The van der Waals surface area contributed by atoms with Crippen molar-refractivity contribution >= 4 is 45.4 Å². The maximum Gasteiger partial charge on any atom is 0.259 e. The van der Waals surface area contributed by atoms with Crippen molar-refractivity contribution < 1.29 is 4.79 Å². The zero-order chi connectivity index (χ0) is 18.5. The van der Waals surface area contributed by atoms with Crippen LogP contribution >= 0.6 is 22.9 Å². The van der Waals surface area contributed by atoms with E-state index >= 15 is 0 Å². The molecule has 1 aromatic carbocycles. The first-order chi connectivity index (χ1) is 12.7. The van der Waals surface area contributed by atoms with Gasteiger partial charge in [-0.1, -0.05) is 37.6 Å². The van der Waals surface area contributed by atoms with Crippen LogP contribution in [0.2, 0.25) is 5.15 Å². The largest absolute Gasteiger partial charge is 0.360 e. The highest BCUT2D eigenvalue weighted by Gasteiger charge is 2.26. The van der Waals surface area contributed by atoms with Gasteiger partial charge in [0.05, 0.1) is 16.9 Å². The second kappa shape index (κ2) is 8.16. The number of pyridine rings is 1. The molecule has 0 radical (unpaired) electrons. The van der Waals surface area contributed by atoms with E-state index in [1.165, 1.54) is 11.3 Å². The fourth-order valence-corrected chi connectivity index (χ4v) is 3.16. The number of rotatable bonds is 3. The van der Waals surface area contributed by atoms with Crippen LogP contribution in [-0.2, 0) is 0 Å². The molecule has 1 amide bonds. The molecule has 1 unspecified atom stereocenters. The van der Waals surface area contributed by atoms with E-state index in [0.717, 1.165) is 16.9 Å². The summed E-state index contributed by atoms with van der Waals surface area (Å²) >= 11 is 7.21. The zero-order valence-corrected chi connectivity index (χ0v) is 15.9. The van der Waals surface area contributed by atoms with E-state index < -0.39 is 0 Å². The third-order valence-electron chi connectivity index (χ3n) is 3.63. The number of amides is 1. The van der Waals surface area contributed by atoms with Crippen molar-refractivity contribution in [1.82, 2.24) is 9.97 Å². The first kappa shape index (κ1) is 18.2. The molecule has 8 heteroatoms. The van der Waals surface area contributed by atoms with Crippen LogP contribution in [0.4, 0.5) is 16.5 Å². The molecule has 0 bridgehead atoms.